The molecule has 20 heavy (non-hydrogen) atoms. The zero-order valence-electron chi connectivity index (χ0n) is 10.6. The van der Waals surface area contributed by atoms with E-state index < -0.39 is 24.3 Å². The van der Waals surface area contributed by atoms with Crippen molar-refractivity contribution in [1.29, 1.82) is 0 Å². The second-order valence-corrected chi connectivity index (χ2v) is 4.50. The Morgan fingerprint density at radius 2 is 1.40 bits per heavy atom. The summed E-state index contributed by atoms with van der Waals surface area (Å²) in [5.41, 5.74) is 0.418. The Morgan fingerprint density at radius 3 is 1.90 bits per heavy atom. The summed E-state index contributed by atoms with van der Waals surface area (Å²) in [6.07, 6.45) is -5.01. The van der Waals surface area contributed by atoms with Crippen molar-refractivity contribution in [2.45, 2.75) is 18.5 Å². The van der Waals surface area contributed by atoms with E-state index in [1.165, 1.54) is 24.3 Å². The first-order valence-corrected chi connectivity index (χ1v) is 6.18. The number of alkyl halides is 3. The minimum absolute atomic E-state index is 0.115. The van der Waals surface area contributed by atoms with Crippen LogP contribution in [0.1, 0.15) is 28.3 Å². The normalized spacial score (nSPS) is 12.9. The Morgan fingerprint density at radius 1 is 0.900 bits per heavy atom. The second kappa shape index (κ2) is 5.90. The molecule has 0 aliphatic carbocycles. The van der Waals surface area contributed by atoms with Gasteiger partial charge in [0.15, 0.2) is 5.78 Å². The van der Waals surface area contributed by atoms with E-state index in [-0.39, 0.29) is 5.56 Å². The van der Waals surface area contributed by atoms with Gasteiger partial charge in [0.2, 0.25) is 0 Å². The third-order valence-electron chi connectivity index (χ3n) is 3.08. The Balaban J connectivity index is 2.24. The number of hydrogen-bond donors (Lipinski definition) is 0. The van der Waals surface area contributed by atoms with Crippen molar-refractivity contribution in [2.75, 3.05) is 0 Å². The fourth-order valence-electron chi connectivity index (χ4n) is 2.04. The van der Waals surface area contributed by atoms with Crippen LogP contribution in [0.3, 0.4) is 0 Å². The van der Waals surface area contributed by atoms with Crippen molar-refractivity contribution >= 4 is 5.78 Å². The van der Waals surface area contributed by atoms with Gasteiger partial charge in [-0.1, -0.05) is 60.7 Å². The van der Waals surface area contributed by atoms with Gasteiger partial charge in [-0.05, 0) is 5.56 Å². The summed E-state index contributed by atoms with van der Waals surface area (Å²) in [5.74, 6) is -2.27. The van der Waals surface area contributed by atoms with Crippen LogP contribution in [0.4, 0.5) is 13.2 Å². The van der Waals surface area contributed by atoms with Gasteiger partial charge in [0.25, 0.3) is 0 Å². The lowest BCUT2D eigenvalue weighted by molar-refractivity contribution is -0.149. The lowest BCUT2D eigenvalue weighted by Crippen LogP contribution is -2.23. The molecule has 0 heterocycles. The van der Waals surface area contributed by atoms with Gasteiger partial charge in [-0.2, -0.15) is 13.2 Å². The summed E-state index contributed by atoms with van der Waals surface area (Å²) >= 11 is 0. The Labute approximate surface area is 115 Å². The van der Waals surface area contributed by atoms with Gasteiger partial charge >= 0.3 is 6.18 Å². The fourth-order valence-corrected chi connectivity index (χ4v) is 2.04. The Kier molecular flexibility index (Phi) is 4.23. The van der Waals surface area contributed by atoms with E-state index in [1.54, 1.807) is 36.4 Å². The molecule has 4 heteroatoms. The number of benzene rings is 2. The second-order valence-electron chi connectivity index (χ2n) is 4.50. The third kappa shape index (κ3) is 3.47. The molecule has 104 valence electrons. The average molecular weight is 278 g/mol. The predicted octanol–water partition coefficient (Wildman–Crippen LogP) is 4.61. The molecule has 2 rings (SSSR count). The van der Waals surface area contributed by atoms with Gasteiger partial charge in [-0.25, -0.2) is 0 Å². The van der Waals surface area contributed by atoms with Crippen LogP contribution >= 0.6 is 0 Å². The van der Waals surface area contributed by atoms with Crippen molar-refractivity contribution in [3.63, 3.8) is 0 Å². The maximum absolute atomic E-state index is 13.1. The monoisotopic (exact) mass is 278 g/mol. The highest BCUT2D eigenvalue weighted by atomic mass is 19.4. The van der Waals surface area contributed by atoms with Gasteiger partial charge in [-0.15, -0.1) is 0 Å². The predicted molar refractivity (Wildman–Crippen MR) is 70.6 cm³/mol. The van der Waals surface area contributed by atoms with Crippen LogP contribution < -0.4 is 0 Å². The summed E-state index contributed by atoms with van der Waals surface area (Å²) in [6.45, 7) is 0. The van der Waals surface area contributed by atoms with Crippen LogP contribution in [0.5, 0.6) is 0 Å². The van der Waals surface area contributed by atoms with Crippen molar-refractivity contribution in [3.8, 4) is 0 Å². The number of carbonyl (C=O) groups is 1. The fraction of sp³-hybridized carbons (Fsp3) is 0.188. The van der Waals surface area contributed by atoms with Gasteiger partial charge in [0.05, 0.1) is 5.92 Å². The molecule has 2 aromatic rings. The van der Waals surface area contributed by atoms with E-state index in [4.69, 9.17) is 0 Å². The number of Topliss-reactive ketones (excluding diaryl/α,β-unsaturated/α-hetero) is 1. The molecular weight excluding hydrogens is 265 g/mol. The number of carbonyl (C=O) groups excluding carboxylic acids is 1. The lowest BCUT2D eigenvalue weighted by atomic mass is 9.91. The quantitative estimate of drug-likeness (QED) is 0.747. The molecule has 0 saturated heterocycles. The molecule has 2 aromatic carbocycles. The molecule has 0 amide bonds. The Hall–Kier alpha value is -2.10. The highest BCUT2D eigenvalue weighted by Crippen LogP contribution is 2.38. The molecule has 0 spiro atoms. The lowest BCUT2D eigenvalue weighted by Gasteiger charge is -2.20. The third-order valence-corrected chi connectivity index (χ3v) is 3.08. The van der Waals surface area contributed by atoms with E-state index >= 15 is 0 Å². The SMILES string of the molecule is O=C(CC(c1ccccc1)C(F)(F)F)c1ccccc1. The zero-order chi connectivity index (χ0) is 14.6. The van der Waals surface area contributed by atoms with Crippen molar-refractivity contribution < 1.29 is 18.0 Å². The summed E-state index contributed by atoms with van der Waals surface area (Å²) in [6, 6.07) is 15.6. The molecule has 1 atom stereocenters. The molecule has 0 bridgehead atoms. The van der Waals surface area contributed by atoms with Crippen molar-refractivity contribution in [2.24, 2.45) is 0 Å². The molecule has 1 nitrogen and oxygen atoms in total. The van der Waals surface area contributed by atoms with Crippen LogP contribution in [0.15, 0.2) is 60.7 Å². The smallest absolute Gasteiger partial charge is 0.294 e. The van der Waals surface area contributed by atoms with Gasteiger partial charge < -0.3 is 0 Å². The van der Waals surface area contributed by atoms with Crippen molar-refractivity contribution in [1.82, 2.24) is 0 Å². The van der Waals surface area contributed by atoms with E-state index in [0.29, 0.717) is 5.56 Å². The van der Waals surface area contributed by atoms with Crippen LogP contribution in [-0.2, 0) is 0 Å². The molecule has 0 aliphatic heterocycles. The number of rotatable bonds is 4. The maximum atomic E-state index is 13.1. The summed E-state index contributed by atoms with van der Waals surface area (Å²) in [5, 5.41) is 0. The van der Waals surface area contributed by atoms with E-state index in [9.17, 15) is 18.0 Å². The minimum atomic E-state index is -4.44. The molecule has 0 radical (unpaired) electrons. The maximum Gasteiger partial charge on any atom is 0.396 e. The van der Waals surface area contributed by atoms with Crippen LogP contribution in [0.25, 0.3) is 0 Å². The molecule has 0 aliphatic rings. The first-order chi connectivity index (χ1) is 9.48. The first kappa shape index (κ1) is 14.3. The molecule has 0 fully saturated rings. The highest BCUT2D eigenvalue weighted by molar-refractivity contribution is 5.96. The number of ketones is 1. The highest BCUT2D eigenvalue weighted by Gasteiger charge is 2.41. The van der Waals surface area contributed by atoms with Crippen molar-refractivity contribution in [3.05, 3.63) is 71.8 Å². The van der Waals surface area contributed by atoms with E-state index in [1.807, 2.05) is 0 Å². The van der Waals surface area contributed by atoms with Gasteiger partial charge in [-0.3, -0.25) is 4.79 Å². The number of halogens is 3. The van der Waals surface area contributed by atoms with Crippen LogP contribution in [0.2, 0.25) is 0 Å². The van der Waals surface area contributed by atoms with Gasteiger partial charge in [0, 0.05) is 12.0 Å². The Bertz CT molecular complexity index is 561. The largest absolute Gasteiger partial charge is 0.396 e. The summed E-state index contributed by atoms with van der Waals surface area (Å²) in [4.78, 5) is 12.0. The zero-order valence-corrected chi connectivity index (χ0v) is 10.6. The number of hydrogen-bond acceptors (Lipinski definition) is 1. The summed E-state index contributed by atoms with van der Waals surface area (Å²) < 4.78 is 39.4. The van der Waals surface area contributed by atoms with Crippen LogP contribution in [-0.4, -0.2) is 12.0 Å². The topological polar surface area (TPSA) is 17.1 Å². The molecule has 0 N–H and O–H groups in total. The average Bonchev–Trinajstić information content (AvgIpc) is 2.45. The van der Waals surface area contributed by atoms with Gasteiger partial charge in [0.1, 0.15) is 0 Å². The molecule has 1 unspecified atom stereocenters. The first-order valence-electron chi connectivity index (χ1n) is 6.18. The molecule has 0 aromatic heterocycles. The van der Waals surface area contributed by atoms with Crippen LogP contribution in [0, 0.1) is 0 Å². The minimum Gasteiger partial charge on any atom is -0.294 e. The van der Waals surface area contributed by atoms with E-state index in [0.717, 1.165) is 0 Å². The molecule has 0 saturated carbocycles. The molecular formula is C16H13F3O. The standard InChI is InChI=1S/C16H13F3O/c17-16(18,19)14(12-7-3-1-4-8-12)11-15(20)13-9-5-2-6-10-13/h1-10,14H,11H2. The summed E-state index contributed by atoms with van der Waals surface area (Å²) in [7, 11) is 0. The van der Waals surface area contributed by atoms with E-state index in [2.05, 4.69) is 0 Å².